The van der Waals surface area contributed by atoms with Gasteiger partial charge in [0.15, 0.2) is 0 Å². The lowest BCUT2D eigenvalue weighted by atomic mass is 10.1. The van der Waals surface area contributed by atoms with Crippen molar-refractivity contribution in [2.45, 2.75) is 25.4 Å². The highest BCUT2D eigenvalue weighted by Crippen LogP contribution is 2.27. The Morgan fingerprint density at radius 3 is 2.48 bits per heavy atom. The minimum atomic E-state index is -5.48. The Kier molecular flexibility index (Phi) is 5.89. The first-order chi connectivity index (χ1) is 10.3. The normalized spacial score (nSPS) is 13.7. The molecule has 0 amide bonds. The van der Waals surface area contributed by atoms with Crippen LogP contribution in [0, 0.1) is 6.92 Å². The number of halogens is 4. The highest BCUT2D eigenvalue weighted by atomic mass is 35.5. The van der Waals surface area contributed by atoms with Crippen LogP contribution >= 0.6 is 11.6 Å². The molecule has 0 fully saturated rings. The Morgan fingerprint density at radius 1 is 1.43 bits per heavy atom. The van der Waals surface area contributed by atoms with Crippen molar-refractivity contribution in [3.8, 4) is 5.75 Å². The number of sulfonamides is 1. The number of alkyl halides is 3. The van der Waals surface area contributed by atoms with Crippen molar-refractivity contribution in [3.05, 3.63) is 28.3 Å². The standard InChI is InChI=1S/C12H13ClF3NO5S/c1-6-3-8(4-9(10(6)13)11(18)19)22-5-7(2)17-23(20,21)12(14,15)16/h3-4,7,17H,5H2,1-2H3,(H,18,19). The van der Waals surface area contributed by atoms with E-state index in [2.05, 4.69) is 0 Å². The van der Waals surface area contributed by atoms with E-state index in [9.17, 15) is 26.4 Å². The van der Waals surface area contributed by atoms with Crippen LogP contribution in [-0.4, -0.2) is 37.7 Å². The molecule has 11 heteroatoms. The minimum Gasteiger partial charge on any atom is -0.492 e. The summed E-state index contributed by atoms with van der Waals surface area (Å²) in [5, 5.41) is 8.99. The lowest BCUT2D eigenvalue weighted by Gasteiger charge is -2.17. The molecule has 0 aromatic heterocycles. The van der Waals surface area contributed by atoms with Gasteiger partial charge in [0, 0.05) is 0 Å². The van der Waals surface area contributed by atoms with Gasteiger partial charge in [0.1, 0.15) is 12.4 Å². The average Bonchev–Trinajstić information content (AvgIpc) is 2.37. The molecule has 0 radical (unpaired) electrons. The third-order valence-corrected chi connectivity index (χ3v) is 4.44. The van der Waals surface area contributed by atoms with Crippen LogP contribution in [0.25, 0.3) is 0 Å². The van der Waals surface area contributed by atoms with E-state index in [0.717, 1.165) is 6.07 Å². The van der Waals surface area contributed by atoms with Gasteiger partial charge in [-0.25, -0.2) is 17.9 Å². The SMILES string of the molecule is Cc1cc(OCC(C)NS(=O)(=O)C(F)(F)F)cc(C(=O)O)c1Cl. The van der Waals surface area contributed by atoms with Crippen molar-refractivity contribution in [2.24, 2.45) is 0 Å². The van der Waals surface area contributed by atoms with E-state index in [1.165, 1.54) is 24.6 Å². The van der Waals surface area contributed by atoms with Gasteiger partial charge in [-0.15, -0.1) is 0 Å². The molecule has 0 aliphatic carbocycles. The minimum absolute atomic E-state index is 0.00988. The molecule has 1 rings (SSSR count). The maximum Gasteiger partial charge on any atom is 0.511 e. The number of rotatable bonds is 6. The van der Waals surface area contributed by atoms with Crippen LogP contribution in [0.15, 0.2) is 12.1 Å². The molecule has 2 N–H and O–H groups in total. The number of benzene rings is 1. The van der Waals surface area contributed by atoms with Crippen LogP contribution in [-0.2, 0) is 10.0 Å². The Hall–Kier alpha value is -1.52. The molecule has 0 saturated heterocycles. The second-order valence-electron chi connectivity index (χ2n) is 4.69. The largest absolute Gasteiger partial charge is 0.511 e. The molecular weight excluding hydrogens is 363 g/mol. The quantitative estimate of drug-likeness (QED) is 0.797. The highest BCUT2D eigenvalue weighted by molar-refractivity contribution is 7.90. The fourth-order valence-electron chi connectivity index (χ4n) is 1.56. The monoisotopic (exact) mass is 375 g/mol. The summed E-state index contributed by atoms with van der Waals surface area (Å²) in [4.78, 5) is 11.0. The maximum absolute atomic E-state index is 12.2. The number of carbonyl (C=O) groups is 1. The summed E-state index contributed by atoms with van der Waals surface area (Å²) in [6, 6.07) is 1.30. The number of hydrogen-bond donors (Lipinski definition) is 2. The van der Waals surface area contributed by atoms with Gasteiger partial charge in [-0.1, -0.05) is 11.6 Å². The molecule has 1 unspecified atom stereocenters. The molecule has 0 aliphatic rings. The third kappa shape index (κ3) is 4.98. The number of aromatic carboxylic acids is 1. The van der Waals surface area contributed by atoms with Crippen LogP contribution in [0.3, 0.4) is 0 Å². The summed E-state index contributed by atoms with van der Waals surface area (Å²) in [7, 11) is -5.48. The van der Waals surface area contributed by atoms with Gasteiger partial charge in [0.25, 0.3) is 0 Å². The molecule has 0 bridgehead atoms. The Morgan fingerprint density at radius 2 is 2.00 bits per heavy atom. The number of nitrogens with one attached hydrogen (secondary N) is 1. The molecule has 1 atom stereocenters. The molecular formula is C12H13ClF3NO5S. The predicted molar refractivity (Wildman–Crippen MR) is 76.2 cm³/mol. The van der Waals surface area contributed by atoms with Crippen LogP contribution in [0.4, 0.5) is 13.2 Å². The summed E-state index contributed by atoms with van der Waals surface area (Å²) in [6.45, 7) is 2.26. The Balaban J connectivity index is 2.82. The number of carboxylic acid groups (broad SMARTS) is 1. The van der Waals surface area contributed by atoms with Crippen molar-refractivity contribution in [1.82, 2.24) is 4.72 Å². The number of aryl methyl sites for hydroxylation is 1. The second kappa shape index (κ2) is 6.93. The fraction of sp³-hybridized carbons (Fsp3) is 0.417. The lowest BCUT2D eigenvalue weighted by Crippen LogP contribution is -2.43. The number of hydrogen-bond acceptors (Lipinski definition) is 4. The van der Waals surface area contributed by atoms with Gasteiger partial charge in [-0.3, -0.25) is 0 Å². The van der Waals surface area contributed by atoms with Crippen molar-refractivity contribution in [1.29, 1.82) is 0 Å². The van der Waals surface area contributed by atoms with Gasteiger partial charge in [0.05, 0.1) is 16.6 Å². The van der Waals surface area contributed by atoms with Gasteiger partial charge in [-0.05, 0) is 31.5 Å². The summed E-state index contributed by atoms with van der Waals surface area (Å²) < 4.78 is 65.1. The van der Waals surface area contributed by atoms with Gasteiger partial charge in [-0.2, -0.15) is 13.2 Å². The Labute approximate surface area is 135 Å². The molecule has 1 aromatic rings. The van der Waals surface area contributed by atoms with E-state index >= 15 is 0 Å². The summed E-state index contributed by atoms with van der Waals surface area (Å²) in [6.07, 6.45) is 0. The fourth-order valence-corrected chi connectivity index (χ4v) is 2.48. The maximum atomic E-state index is 12.2. The van der Waals surface area contributed by atoms with E-state index < -0.39 is 34.1 Å². The van der Waals surface area contributed by atoms with E-state index in [4.69, 9.17) is 21.4 Å². The molecule has 130 valence electrons. The zero-order valence-electron chi connectivity index (χ0n) is 11.9. The smallest absolute Gasteiger partial charge is 0.492 e. The van der Waals surface area contributed by atoms with E-state index in [1.807, 2.05) is 0 Å². The molecule has 0 saturated carbocycles. The summed E-state index contributed by atoms with van der Waals surface area (Å²) >= 11 is 5.81. The first kappa shape index (κ1) is 19.5. The summed E-state index contributed by atoms with van der Waals surface area (Å²) in [5.74, 6) is -1.25. The van der Waals surface area contributed by atoms with Crippen LogP contribution < -0.4 is 9.46 Å². The number of carboxylic acids is 1. The highest BCUT2D eigenvalue weighted by Gasteiger charge is 2.46. The predicted octanol–water partition coefficient (Wildman–Crippen LogP) is 2.55. The van der Waals surface area contributed by atoms with Gasteiger partial charge in [0.2, 0.25) is 0 Å². The van der Waals surface area contributed by atoms with Crippen LogP contribution in [0.5, 0.6) is 5.75 Å². The van der Waals surface area contributed by atoms with Crippen molar-refractivity contribution in [3.63, 3.8) is 0 Å². The second-order valence-corrected chi connectivity index (χ2v) is 6.77. The van der Waals surface area contributed by atoms with Crippen LogP contribution in [0.1, 0.15) is 22.8 Å². The molecule has 23 heavy (non-hydrogen) atoms. The van der Waals surface area contributed by atoms with Crippen LogP contribution in [0.2, 0.25) is 5.02 Å². The van der Waals surface area contributed by atoms with E-state index in [-0.39, 0.29) is 16.3 Å². The Bertz CT molecular complexity index is 705. The average molecular weight is 376 g/mol. The van der Waals surface area contributed by atoms with Gasteiger partial charge >= 0.3 is 21.5 Å². The molecule has 0 heterocycles. The molecule has 6 nitrogen and oxygen atoms in total. The van der Waals surface area contributed by atoms with Crippen molar-refractivity contribution in [2.75, 3.05) is 6.61 Å². The molecule has 1 aromatic carbocycles. The third-order valence-electron chi connectivity index (χ3n) is 2.62. The summed E-state index contributed by atoms with van der Waals surface area (Å²) in [5.41, 5.74) is -5.26. The molecule has 0 spiro atoms. The van der Waals surface area contributed by atoms with E-state index in [1.54, 1.807) is 0 Å². The van der Waals surface area contributed by atoms with Crippen molar-refractivity contribution >= 4 is 27.6 Å². The van der Waals surface area contributed by atoms with Crippen molar-refractivity contribution < 1.29 is 36.2 Å². The number of ether oxygens (including phenoxy) is 1. The first-order valence-corrected chi connectivity index (χ1v) is 7.96. The topological polar surface area (TPSA) is 92.7 Å². The van der Waals surface area contributed by atoms with E-state index in [0.29, 0.717) is 5.56 Å². The lowest BCUT2D eigenvalue weighted by molar-refractivity contribution is -0.0451. The molecule has 0 aliphatic heterocycles. The zero-order chi connectivity index (χ0) is 18.0. The van der Waals surface area contributed by atoms with Gasteiger partial charge < -0.3 is 9.84 Å². The first-order valence-electron chi connectivity index (χ1n) is 6.10. The zero-order valence-corrected chi connectivity index (χ0v) is 13.5.